The van der Waals surface area contributed by atoms with Crippen molar-refractivity contribution < 1.29 is 18.3 Å². The van der Waals surface area contributed by atoms with E-state index in [0.717, 1.165) is 6.07 Å². The fourth-order valence-corrected chi connectivity index (χ4v) is 2.37. The monoisotopic (exact) mass is 494 g/mol. The number of nitrogens with zero attached hydrogens (tertiary/aromatic N) is 2. The second kappa shape index (κ2) is 10.3. The summed E-state index contributed by atoms with van der Waals surface area (Å²) in [6, 6.07) is 6.84. The molecule has 0 bridgehead atoms. The Labute approximate surface area is 168 Å². The fourth-order valence-electron chi connectivity index (χ4n) is 1.92. The van der Waals surface area contributed by atoms with E-state index in [4.69, 9.17) is 15.7 Å². The molecule has 6 nitrogen and oxygen atoms in total. The van der Waals surface area contributed by atoms with E-state index in [0.29, 0.717) is 3.57 Å². The van der Waals surface area contributed by atoms with Crippen LogP contribution in [0.4, 0.5) is 20.3 Å². The third-order valence-corrected chi connectivity index (χ3v) is 3.73. The first-order valence-corrected chi connectivity index (χ1v) is 8.18. The van der Waals surface area contributed by atoms with Crippen molar-refractivity contribution in [1.82, 2.24) is 4.98 Å². The van der Waals surface area contributed by atoms with Crippen LogP contribution in [0.1, 0.15) is 16.1 Å². The SMILES string of the molecule is Cl.N#Cc1nc(Nc2ccc(I)cc2F)c(C(=O)COCCN)cc1F. The van der Waals surface area contributed by atoms with Crippen LogP contribution in [0.15, 0.2) is 24.3 Å². The van der Waals surface area contributed by atoms with Gasteiger partial charge in [0.1, 0.15) is 24.3 Å². The average Bonchev–Trinajstić information content (AvgIpc) is 2.58. The summed E-state index contributed by atoms with van der Waals surface area (Å²) in [5, 5.41) is 11.6. The lowest BCUT2D eigenvalue weighted by molar-refractivity contribution is 0.0774. The largest absolute Gasteiger partial charge is 0.372 e. The van der Waals surface area contributed by atoms with Crippen LogP contribution in [-0.2, 0) is 4.74 Å². The third kappa shape index (κ3) is 5.57. The second-order valence-corrected chi connectivity index (χ2v) is 6.09. The summed E-state index contributed by atoms with van der Waals surface area (Å²) in [4.78, 5) is 16.0. The highest BCUT2D eigenvalue weighted by Gasteiger charge is 2.19. The van der Waals surface area contributed by atoms with E-state index in [1.54, 1.807) is 12.1 Å². The van der Waals surface area contributed by atoms with Gasteiger partial charge in [-0.05, 0) is 46.9 Å². The van der Waals surface area contributed by atoms with Crippen LogP contribution in [0.3, 0.4) is 0 Å². The molecule has 0 radical (unpaired) electrons. The number of ether oxygens (including phenoxy) is 1. The Hall–Kier alpha value is -1.87. The van der Waals surface area contributed by atoms with Gasteiger partial charge in [-0.3, -0.25) is 4.79 Å². The van der Waals surface area contributed by atoms with Crippen molar-refractivity contribution >= 4 is 52.3 Å². The first-order valence-electron chi connectivity index (χ1n) is 7.10. The lowest BCUT2D eigenvalue weighted by Crippen LogP contribution is -2.17. The summed E-state index contributed by atoms with van der Waals surface area (Å²) in [5.74, 6) is -2.22. The minimum atomic E-state index is -0.946. The van der Waals surface area contributed by atoms with E-state index in [9.17, 15) is 13.6 Å². The Bertz CT molecular complexity index is 846. The van der Waals surface area contributed by atoms with Gasteiger partial charge in [0, 0.05) is 10.1 Å². The molecule has 0 saturated heterocycles. The second-order valence-electron chi connectivity index (χ2n) is 4.84. The van der Waals surface area contributed by atoms with Crippen LogP contribution >= 0.6 is 35.0 Å². The minimum Gasteiger partial charge on any atom is -0.372 e. The van der Waals surface area contributed by atoms with Crippen molar-refractivity contribution in [2.24, 2.45) is 5.73 Å². The zero-order chi connectivity index (χ0) is 18.4. The molecule has 0 unspecified atom stereocenters. The molecule has 0 aliphatic heterocycles. The predicted molar refractivity (Wildman–Crippen MR) is 103 cm³/mol. The molecule has 1 aromatic carbocycles. The summed E-state index contributed by atoms with van der Waals surface area (Å²) in [6.45, 7) is 0.0484. The lowest BCUT2D eigenvalue weighted by Gasteiger charge is -2.12. The number of halogens is 4. The van der Waals surface area contributed by atoms with Gasteiger partial charge in [0.2, 0.25) is 0 Å². The van der Waals surface area contributed by atoms with Gasteiger partial charge in [0.25, 0.3) is 0 Å². The predicted octanol–water partition coefficient (Wildman–Crippen LogP) is 3.16. The number of anilines is 2. The summed E-state index contributed by atoms with van der Waals surface area (Å²) in [6.07, 6.45) is 0. The maximum absolute atomic E-state index is 14.0. The van der Waals surface area contributed by atoms with Crippen molar-refractivity contribution in [2.45, 2.75) is 0 Å². The number of carbonyl (C=O) groups excluding carboxylic acids is 1. The van der Waals surface area contributed by atoms with E-state index >= 15 is 0 Å². The highest BCUT2D eigenvalue weighted by atomic mass is 127. The maximum Gasteiger partial charge on any atom is 0.192 e. The average molecular weight is 495 g/mol. The van der Waals surface area contributed by atoms with Crippen molar-refractivity contribution in [2.75, 3.05) is 25.1 Å². The van der Waals surface area contributed by atoms with Crippen molar-refractivity contribution in [1.29, 1.82) is 5.26 Å². The van der Waals surface area contributed by atoms with Gasteiger partial charge in [-0.2, -0.15) is 5.26 Å². The number of pyridine rings is 1. The molecule has 10 heteroatoms. The number of hydrogen-bond acceptors (Lipinski definition) is 6. The molecule has 3 N–H and O–H groups in total. The van der Waals surface area contributed by atoms with Gasteiger partial charge >= 0.3 is 0 Å². The minimum absolute atomic E-state index is 0. The summed E-state index contributed by atoms with van der Waals surface area (Å²) in [5.41, 5.74) is 4.67. The number of rotatable bonds is 7. The first kappa shape index (κ1) is 22.2. The van der Waals surface area contributed by atoms with Crippen LogP contribution in [0.5, 0.6) is 0 Å². The molecule has 1 aromatic heterocycles. The maximum atomic E-state index is 14.0. The third-order valence-electron chi connectivity index (χ3n) is 3.06. The molecule has 138 valence electrons. The molecule has 0 spiro atoms. The van der Waals surface area contributed by atoms with Gasteiger partial charge < -0.3 is 15.8 Å². The first-order chi connectivity index (χ1) is 12.0. The van der Waals surface area contributed by atoms with Crippen LogP contribution < -0.4 is 11.1 Å². The lowest BCUT2D eigenvalue weighted by atomic mass is 10.1. The fraction of sp³-hybridized carbons (Fsp3) is 0.188. The van der Waals surface area contributed by atoms with Crippen LogP contribution in [0.2, 0.25) is 0 Å². The van der Waals surface area contributed by atoms with Crippen LogP contribution in [0.25, 0.3) is 0 Å². The van der Waals surface area contributed by atoms with Gasteiger partial charge in [0.15, 0.2) is 17.3 Å². The Kier molecular flexibility index (Phi) is 8.80. The van der Waals surface area contributed by atoms with Gasteiger partial charge in [-0.25, -0.2) is 13.8 Å². The molecule has 0 amide bonds. The molecular weight excluding hydrogens is 481 g/mol. The van der Waals surface area contributed by atoms with Crippen LogP contribution in [0, 0.1) is 26.5 Å². The van der Waals surface area contributed by atoms with E-state index < -0.39 is 23.1 Å². The molecule has 0 aliphatic carbocycles. The smallest absolute Gasteiger partial charge is 0.192 e. The Morgan fingerprint density at radius 2 is 2.08 bits per heavy atom. The number of Topliss-reactive ketones (excluding diaryl/α,β-unsaturated/α-hetero) is 1. The summed E-state index contributed by atoms with van der Waals surface area (Å²) in [7, 11) is 0. The highest BCUT2D eigenvalue weighted by molar-refractivity contribution is 14.1. The molecule has 0 fully saturated rings. The molecule has 2 rings (SSSR count). The molecule has 0 atom stereocenters. The normalized spacial score (nSPS) is 9.96. The number of aromatic nitrogens is 1. The summed E-state index contributed by atoms with van der Waals surface area (Å²) < 4.78 is 33.6. The Morgan fingerprint density at radius 3 is 2.69 bits per heavy atom. The standard InChI is InChI=1S/C16H13F2IN4O2.ClH/c17-11-5-9(19)1-2-13(11)22-16-10(15(24)8-25-4-3-20)6-12(18)14(7-21)23-16;/h1-2,5-6H,3-4,8,20H2,(H,22,23);1H. The quantitative estimate of drug-likeness (QED) is 0.348. The topological polar surface area (TPSA) is 101 Å². The van der Waals surface area contributed by atoms with Gasteiger partial charge in [0.05, 0.1) is 17.9 Å². The molecule has 1 heterocycles. The zero-order valence-electron chi connectivity index (χ0n) is 13.3. The van der Waals surface area contributed by atoms with Gasteiger partial charge in [-0.1, -0.05) is 0 Å². The highest BCUT2D eigenvalue weighted by Crippen LogP contribution is 2.25. The Morgan fingerprint density at radius 1 is 1.35 bits per heavy atom. The summed E-state index contributed by atoms with van der Waals surface area (Å²) >= 11 is 1.95. The number of nitrogens with two attached hydrogens (primary N) is 1. The molecule has 2 aromatic rings. The Balaban J connectivity index is 0.00000338. The molecular formula is C16H14ClF2IN4O2. The molecule has 0 saturated carbocycles. The van der Waals surface area contributed by atoms with Gasteiger partial charge in [-0.15, -0.1) is 12.4 Å². The number of carbonyl (C=O) groups is 1. The number of hydrogen-bond donors (Lipinski definition) is 2. The molecule has 26 heavy (non-hydrogen) atoms. The number of nitrogens with one attached hydrogen (secondary N) is 1. The van der Waals surface area contributed by atoms with Crippen molar-refractivity contribution in [3.8, 4) is 6.07 Å². The number of benzene rings is 1. The number of nitriles is 1. The zero-order valence-corrected chi connectivity index (χ0v) is 16.2. The van der Waals surface area contributed by atoms with E-state index in [1.807, 2.05) is 22.6 Å². The van der Waals surface area contributed by atoms with Crippen molar-refractivity contribution in [3.63, 3.8) is 0 Å². The number of ketones is 1. The van der Waals surface area contributed by atoms with E-state index in [2.05, 4.69) is 10.3 Å². The molecule has 0 aliphatic rings. The van der Waals surface area contributed by atoms with E-state index in [1.165, 1.54) is 12.1 Å². The van der Waals surface area contributed by atoms with Crippen LogP contribution in [-0.4, -0.2) is 30.5 Å². The van der Waals surface area contributed by atoms with E-state index in [-0.39, 0.29) is 49.2 Å². The van der Waals surface area contributed by atoms with Crippen molar-refractivity contribution in [3.05, 3.63) is 50.7 Å².